The van der Waals surface area contributed by atoms with Crippen molar-refractivity contribution in [2.24, 2.45) is 5.73 Å². The normalized spacial score (nSPS) is 12.0. The Labute approximate surface area is 239 Å². The molecule has 11 heteroatoms. The van der Waals surface area contributed by atoms with Gasteiger partial charge in [0.15, 0.2) is 5.69 Å². The standard InChI is InChI=1S/C30H27FN4O5S/c1-2-9-33-29(37)24-6-4-18(26(34-24)30(38)39)19-14-25-21(27-17(7-10-40-25)8-11-41-27)13-20(19)28(36)35-23-5-3-16(15-32)12-22(23)31/h3-6,8,11-14H,2,7,9-10,15,32H2,1H3,(H,33,37)(H,35,36)(H,38,39). The number of aromatic carboxylic acids is 1. The van der Waals surface area contributed by atoms with E-state index < -0.39 is 29.3 Å². The van der Waals surface area contributed by atoms with E-state index in [9.17, 15) is 23.9 Å². The molecular formula is C30H27FN4O5S. The molecule has 0 fully saturated rings. The van der Waals surface area contributed by atoms with Crippen molar-refractivity contribution in [1.29, 1.82) is 0 Å². The summed E-state index contributed by atoms with van der Waals surface area (Å²) in [6.07, 6.45) is 1.36. The molecule has 0 saturated heterocycles. The molecule has 2 amide bonds. The van der Waals surface area contributed by atoms with Crippen LogP contribution in [0.5, 0.6) is 5.75 Å². The first-order valence-corrected chi connectivity index (χ1v) is 13.9. The zero-order chi connectivity index (χ0) is 29.1. The van der Waals surface area contributed by atoms with Crippen LogP contribution in [0.3, 0.4) is 0 Å². The Kier molecular flexibility index (Phi) is 8.09. The molecule has 1 aliphatic rings. The molecule has 0 atom stereocenters. The second kappa shape index (κ2) is 11.9. The van der Waals surface area contributed by atoms with Crippen LogP contribution in [0.15, 0.2) is 53.9 Å². The van der Waals surface area contributed by atoms with E-state index in [1.165, 1.54) is 35.6 Å². The highest BCUT2D eigenvalue weighted by molar-refractivity contribution is 7.13. The zero-order valence-corrected chi connectivity index (χ0v) is 22.9. The molecule has 1 aliphatic heterocycles. The lowest BCUT2D eigenvalue weighted by atomic mass is 9.93. The number of pyridine rings is 1. The van der Waals surface area contributed by atoms with Crippen LogP contribution >= 0.6 is 11.3 Å². The minimum Gasteiger partial charge on any atom is -0.493 e. The Morgan fingerprint density at radius 2 is 1.90 bits per heavy atom. The van der Waals surface area contributed by atoms with E-state index in [0.29, 0.717) is 42.9 Å². The third-order valence-corrected chi connectivity index (χ3v) is 7.65. The second-order valence-corrected chi connectivity index (χ2v) is 10.3. The highest BCUT2D eigenvalue weighted by Gasteiger charge is 2.27. The first-order chi connectivity index (χ1) is 19.8. The number of carbonyl (C=O) groups is 3. The molecule has 9 nitrogen and oxygen atoms in total. The van der Waals surface area contributed by atoms with Crippen molar-refractivity contribution >= 4 is 34.8 Å². The lowest BCUT2D eigenvalue weighted by Crippen LogP contribution is -2.25. The van der Waals surface area contributed by atoms with Crippen molar-refractivity contribution in [2.75, 3.05) is 18.5 Å². The van der Waals surface area contributed by atoms with Crippen LogP contribution in [0.2, 0.25) is 0 Å². The molecule has 4 aromatic rings. The number of nitrogens with zero attached hydrogens (tertiary/aromatic N) is 1. The monoisotopic (exact) mass is 574 g/mol. The van der Waals surface area contributed by atoms with Gasteiger partial charge in [-0.05, 0) is 65.4 Å². The predicted molar refractivity (Wildman–Crippen MR) is 154 cm³/mol. The van der Waals surface area contributed by atoms with Crippen LogP contribution in [0.4, 0.5) is 10.1 Å². The lowest BCUT2D eigenvalue weighted by Gasteiger charge is -2.17. The number of hydrogen-bond acceptors (Lipinski definition) is 7. The van der Waals surface area contributed by atoms with Crippen molar-refractivity contribution in [3.8, 4) is 27.3 Å². The SMILES string of the molecule is CCCNC(=O)c1ccc(-c2cc3c(cc2C(=O)Nc2ccc(CN)cc2F)-c2sccc2CCO3)c(C(=O)O)n1. The smallest absolute Gasteiger partial charge is 0.355 e. The van der Waals surface area contributed by atoms with Crippen molar-refractivity contribution < 1.29 is 28.6 Å². The molecule has 2 aromatic carbocycles. The van der Waals surface area contributed by atoms with Gasteiger partial charge in [0.25, 0.3) is 11.8 Å². The van der Waals surface area contributed by atoms with Gasteiger partial charge in [-0.15, -0.1) is 11.3 Å². The van der Waals surface area contributed by atoms with Crippen molar-refractivity contribution in [3.63, 3.8) is 0 Å². The van der Waals surface area contributed by atoms with Crippen LogP contribution in [-0.4, -0.2) is 41.0 Å². The maximum Gasteiger partial charge on any atom is 0.355 e. The van der Waals surface area contributed by atoms with E-state index in [1.807, 2.05) is 18.4 Å². The molecule has 5 N–H and O–H groups in total. The van der Waals surface area contributed by atoms with Crippen LogP contribution < -0.4 is 21.1 Å². The summed E-state index contributed by atoms with van der Waals surface area (Å²) in [7, 11) is 0. The predicted octanol–water partition coefficient (Wildman–Crippen LogP) is 5.10. The van der Waals surface area contributed by atoms with Gasteiger partial charge >= 0.3 is 5.97 Å². The molecule has 0 spiro atoms. The highest BCUT2D eigenvalue weighted by atomic mass is 32.1. The number of nitrogens with one attached hydrogen (secondary N) is 2. The van der Waals surface area contributed by atoms with E-state index in [4.69, 9.17) is 10.5 Å². The number of aromatic nitrogens is 1. The number of anilines is 1. The molecule has 210 valence electrons. The Hall–Kier alpha value is -4.61. The molecule has 41 heavy (non-hydrogen) atoms. The summed E-state index contributed by atoms with van der Waals surface area (Å²) >= 11 is 1.50. The maximum absolute atomic E-state index is 14.8. The minimum absolute atomic E-state index is 0.0549. The highest BCUT2D eigenvalue weighted by Crippen LogP contribution is 2.43. The van der Waals surface area contributed by atoms with E-state index in [2.05, 4.69) is 15.6 Å². The van der Waals surface area contributed by atoms with Gasteiger partial charge in [-0.3, -0.25) is 9.59 Å². The Morgan fingerprint density at radius 1 is 1.07 bits per heavy atom. The third-order valence-electron chi connectivity index (χ3n) is 6.66. The molecular weight excluding hydrogens is 547 g/mol. The minimum atomic E-state index is -1.38. The fourth-order valence-electron chi connectivity index (χ4n) is 4.60. The van der Waals surface area contributed by atoms with Crippen LogP contribution in [0, 0.1) is 5.82 Å². The van der Waals surface area contributed by atoms with Crippen LogP contribution in [0.1, 0.15) is 55.8 Å². The number of halogens is 1. The van der Waals surface area contributed by atoms with Crippen molar-refractivity contribution in [1.82, 2.24) is 10.3 Å². The number of rotatable bonds is 8. The third kappa shape index (κ3) is 5.67. The molecule has 2 aromatic heterocycles. The molecule has 0 unspecified atom stereocenters. The van der Waals surface area contributed by atoms with Gasteiger partial charge in [-0.2, -0.15) is 0 Å². The summed E-state index contributed by atoms with van der Waals surface area (Å²) in [6.45, 7) is 2.83. The molecule has 0 saturated carbocycles. The summed E-state index contributed by atoms with van der Waals surface area (Å²) in [6, 6.07) is 12.4. The molecule has 0 radical (unpaired) electrons. The van der Waals surface area contributed by atoms with Gasteiger partial charge in [0.2, 0.25) is 0 Å². The fourth-order valence-corrected chi connectivity index (χ4v) is 5.58. The van der Waals surface area contributed by atoms with Gasteiger partial charge < -0.3 is 26.2 Å². The largest absolute Gasteiger partial charge is 0.493 e. The second-order valence-electron chi connectivity index (χ2n) is 9.39. The van der Waals surface area contributed by atoms with E-state index in [1.54, 1.807) is 18.2 Å². The first kappa shape index (κ1) is 27.9. The van der Waals surface area contributed by atoms with Crippen LogP contribution in [0.25, 0.3) is 21.6 Å². The van der Waals surface area contributed by atoms with Crippen molar-refractivity contribution in [2.45, 2.75) is 26.3 Å². The van der Waals surface area contributed by atoms with E-state index in [0.717, 1.165) is 10.4 Å². The number of nitrogens with two attached hydrogens (primary N) is 1. The average Bonchev–Trinajstić information content (AvgIpc) is 3.37. The van der Waals surface area contributed by atoms with Gasteiger partial charge in [-0.25, -0.2) is 14.2 Å². The number of amides is 2. The number of fused-ring (bicyclic) bond motifs is 3. The summed E-state index contributed by atoms with van der Waals surface area (Å²) in [5.74, 6) is -2.73. The molecule has 3 heterocycles. The van der Waals surface area contributed by atoms with Gasteiger partial charge in [0.1, 0.15) is 17.3 Å². The number of thiophene rings is 1. The zero-order valence-electron chi connectivity index (χ0n) is 22.1. The number of ether oxygens (including phenoxy) is 1. The number of carbonyl (C=O) groups excluding carboxylic acids is 2. The van der Waals surface area contributed by atoms with Crippen molar-refractivity contribution in [3.05, 3.63) is 87.8 Å². The molecule has 0 bridgehead atoms. The number of benzene rings is 2. The molecule has 0 aliphatic carbocycles. The van der Waals surface area contributed by atoms with Gasteiger partial charge in [0.05, 0.1) is 12.3 Å². The van der Waals surface area contributed by atoms with E-state index in [-0.39, 0.29) is 34.6 Å². The summed E-state index contributed by atoms with van der Waals surface area (Å²) in [5, 5.41) is 17.3. The topological polar surface area (TPSA) is 144 Å². The quantitative estimate of drug-likeness (QED) is 0.229. The van der Waals surface area contributed by atoms with Gasteiger partial charge in [0, 0.05) is 46.6 Å². The first-order valence-electron chi connectivity index (χ1n) is 13.0. The number of carboxylic acid groups (broad SMARTS) is 1. The van der Waals surface area contributed by atoms with Gasteiger partial charge in [-0.1, -0.05) is 13.0 Å². The maximum atomic E-state index is 14.8. The van der Waals surface area contributed by atoms with E-state index >= 15 is 0 Å². The van der Waals surface area contributed by atoms with Crippen LogP contribution in [-0.2, 0) is 13.0 Å². The Balaban J connectivity index is 1.66. The summed E-state index contributed by atoms with van der Waals surface area (Å²) < 4.78 is 20.8. The Morgan fingerprint density at radius 3 is 2.63 bits per heavy atom. The number of hydrogen-bond donors (Lipinski definition) is 4. The summed E-state index contributed by atoms with van der Waals surface area (Å²) in [4.78, 5) is 43.7. The molecule has 5 rings (SSSR count). The summed E-state index contributed by atoms with van der Waals surface area (Å²) in [5.41, 5.74) is 7.77. The Bertz CT molecular complexity index is 1670. The lowest BCUT2D eigenvalue weighted by molar-refractivity contribution is 0.0691. The number of carboxylic acids is 1. The fraction of sp³-hybridized carbons (Fsp3) is 0.200. The average molecular weight is 575 g/mol.